The summed E-state index contributed by atoms with van der Waals surface area (Å²) in [5, 5.41) is 10.1. The predicted molar refractivity (Wildman–Crippen MR) is 47.6 cm³/mol. The van der Waals surface area contributed by atoms with Gasteiger partial charge in [0.2, 0.25) is 0 Å². The Morgan fingerprint density at radius 3 is 3.00 bits per heavy atom. The minimum absolute atomic E-state index is 0.430. The highest BCUT2D eigenvalue weighted by Gasteiger charge is 2.03. The van der Waals surface area contributed by atoms with Crippen molar-refractivity contribution in [1.82, 2.24) is 0 Å². The van der Waals surface area contributed by atoms with Gasteiger partial charge in [-0.05, 0) is 24.1 Å². The summed E-state index contributed by atoms with van der Waals surface area (Å²) in [5.41, 5.74) is 0.931. The zero-order valence-electron chi connectivity index (χ0n) is 6.47. The monoisotopic (exact) mass is 170 g/mol. The van der Waals surface area contributed by atoms with Crippen LogP contribution in [0.5, 0.6) is 0 Å². The van der Waals surface area contributed by atoms with Crippen LogP contribution in [0.15, 0.2) is 34.6 Å². The first-order valence-electron chi connectivity index (χ1n) is 3.68. The molecule has 0 bridgehead atoms. The van der Waals surface area contributed by atoms with Gasteiger partial charge in [0.15, 0.2) is 0 Å². The van der Waals surface area contributed by atoms with E-state index in [1.807, 2.05) is 13.0 Å². The van der Waals surface area contributed by atoms with Crippen LogP contribution in [0.4, 0.5) is 0 Å². The second kappa shape index (κ2) is 3.63. The van der Waals surface area contributed by atoms with Gasteiger partial charge in [0.25, 0.3) is 0 Å². The first-order chi connectivity index (χ1) is 5.24. The van der Waals surface area contributed by atoms with Crippen molar-refractivity contribution in [2.45, 2.75) is 19.8 Å². The molecule has 0 aromatic carbocycles. The quantitative estimate of drug-likeness (QED) is 0.640. The number of halogens is 1. The number of hydrogen-bond donors (Lipinski definition) is 1. The van der Waals surface area contributed by atoms with Gasteiger partial charge >= 0.3 is 0 Å². The standard InChI is InChI=1S/C9H11ClO/c1-2-7-6-8(10)4-3-5-9(7)11/h3-4,6,11H,2,5H2,1H3. The number of aliphatic hydroxyl groups is 1. The molecule has 1 aliphatic rings. The maximum Gasteiger partial charge on any atom is 0.0992 e. The molecule has 60 valence electrons. The fourth-order valence-corrected chi connectivity index (χ4v) is 1.24. The van der Waals surface area contributed by atoms with E-state index in [1.54, 1.807) is 12.2 Å². The zero-order valence-corrected chi connectivity index (χ0v) is 7.23. The number of hydrogen-bond acceptors (Lipinski definition) is 1. The highest BCUT2D eigenvalue weighted by Crippen LogP contribution is 2.20. The van der Waals surface area contributed by atoms with Crippen molar-refractivity contribution in [2.75, 3.05) is 0 Å². The van der Waals surface area contributed by atoms with Crippen LogP contribution < -0.4 is 0 Å². The molecule has 0 heterocycles. The molecular weight excluding hydrogens is 160 g/mol. The van der Waals surface area contributed by atoms with Crippen LogP contribution in [-0.2, 0) is 0 Å². The van der Waals surface area contributed by atoms with Gasteiger partial charge in [-0.25, -0.2) is 0 Å². The van der Waals surface area contributed by atoms with E-state index in [-0.39, 0.29) is 0 Å². The lowest BCUT2D eigenvalue weighted by Crippen LogP contribution is -1.84. The Bertz CT molecular complexity index is 236. The smallest absolute Gasteiger partial charge is 0.0992 e. The third-order valence-corrected chi connectivity index (χ3v) is 1.89. The van der Waals surface area contributed by atoms with Crippen LogP contribution in [0.3, 0.4) is 0 Å². The molecule has 1 rings (SSSR count). The highest BCUT2D eigenvalue weighted by molar-refractivity contribution is 6.31. The SMILES string of the molecule is CCC1=C(O)CC=CC(Cl)=C1. The molecule has 0 radical (unpaired) electrons. The molecule has 0 aromatic heterocycles. The van der Waals surface area contributed by atoms with Crippen molar-refractivity contribution in [1.29, 1.82) is 0 Å². The van der Waals surface area contributed by atoms with Gasteiger partial charge in [-0.3, -0.25) is 0 Å². The molecule has 1 aliphatic carbocycles. The topological polar surface area (TPSA) is 20.2 Å². The van der Waals surface area contributed by atoms with E-state index in [2.05, 4.69) is 0 Å². The van der Waals surface area contributed by atoms with Crippen LogP contribution in [-0.4, -0.2) is 5.11 Å². The summed E-state index contributed by atoms with van der Waals surface area (Å²) in [6.45, 7) is 2.00. The van der Waals surface area contributed by atoms with Gasteiger partial charge in [-0.2, -0.15) is 0 Å². The predicted octanol–water partition coefficient (Wildman–Crippen LogP) is 3.29. The first kappa shape index (κ1) is 8.41. The second-order valence-corrected chi connectivity index (χ2v) is 2.90. The lowest BCUT2D eigenvalue weighted by atomic mass is 10.1. The number of aliphatic hydroxyl groups excluding tert-OH is 1. The maximum atomic E-state index is 9.39. The Morgan fingerprint density at radius 2 is 2.36 bits per heavy atom. The molecule has 1 nitrogen and oxygen atoms in total. The van der Waals surface area contributed by atoms with Crippen LogP contribution in [0, 0.1) is 0 Å². The van der Waals surface area contributed by atoms with Crippen molar-refractivity contribution in [3.05, 3.63) is 34.6 Å². The number of rotatable bonds is 1. The molecule has 1 N–H and O–H groups in total. The molecule has 0 amide bonds. The van der Waals surface area contributed by atoms with E-state index in [1.165, 1.54) is 0 Å². The minimum atomic E-state index is 0.430. The maximum absolute atomic E-state index is 9.39. The first-order valence-corrected chi connectivity index (χ1v) is 4.06. The second-order valence-electron chi connectivity index (χ2n) is 2.46. The van der Waals surface area contributed by atoms with E-state index in [0.29, 0.717) is 17.2 Å². The third-order valence-electron chi connectivity index (χ3n) is 1.65. The molecule has 2 heteroatoms. The molecule has 0 atom stereocenters. The molecule has 0 aliphatic heterocycles. The normalized spacial score (nSPS) is 18.2. The Hall–Kier alpha value is -0.690. The fraction of sp³-hybridized carbons (Fsp3) is 0.333. The van der Waals surface area contributed by atoms with E-state index in [4.69, 9.17) is 11.6 Å². The summed E-state index contributed by atoms with van der Waals surface area (Å²) in [4.78, 5) is 0. The Labute approximate surface area is 71.7 Å². The lowest BCUT2D eigenvalue weighted by molar-refractivity contribution is 0.394. The molecular formula is C9H11ClO. The highest BCUT2D eigenvalue weighted by atomic mass is 35.5. The Balaban J connectivity index is 2.95. The van der Waals surface area contributed by atoms with Crippen molar-refractivity contribution >= 4 is 11.6 Å². The van der Waals surface area contributed by atoms with Crippen molar-refractivity contribution in [2.24, 2.45) is 0 Å². The van der Waals surface area contributed by atoms with Gasteiger partial charge in [0, 0.05) is 11.5 Å². The lowest BCUT2D eigenvalue weighted by Gasteiger charge is -1.99. The van der Waals surface area contributed by atoms with E-state index in [0.717, 1.165) is 12.0 Å². The fourth-order valence-electron chi connectivity index (χ4n) is 1.02. The molecule has 0 saturated carbocycles. The van der Waals surface area contributed by atoms with Crippen molar-refractivity contribution in [3.63, 3.8) is 0 Å². The van der Waals surface area contributed by atoms with Crippen LogP contribution in [0.2, 0.25) is 0 Å². The van der Waals surface area contributed by atoms with E-state index < -0.39 is 0 Å². The molecule has 0 saturated heterocycles. The summed E-state index contributed by atoms with van der Waals surface area (Å²) in [6, 6.07) is 0. The van der Waals surface area contributed by atoms with Gasteiger partial charge in [-0.15, -0.1) is 0 Å². The molecule has 11 heavy (non-hydrogen) atoms. The average molecular weight is 171 g/mol. The Morgan fingerprint density at radius 1 is 1.64 bits per heavy atom. The van der Waals surface area contributed by atoms with E-state index >= 15 is 0 Å². The van der Waals surface area contributed by atoms with Gasteiger partial charge in [0.1, 0.15) is 0 Å². The van der Waals surface area contributed by atoms with Crippen LogP contribution in [0.1, 0.15) is 19.8 Å². The van der Waals surface area contributed by atoms with Crippen molar-refractivity contribution in [3.8, 4) is 0 Å². The molecule has 0 unspecified atom stereocenters. The molecule has 0 fully saturated rings. The number of allylic oxidation sites excluding steroid dienone is 5. The minimum Gasteiger partial charge on any atom is -0.512 e. The summed E-state index contributed by atoms with van der Waals surface area (Å²) in [6.07, 6.45) is 6.89. The average Bonchev–Trinajstić information content (AvgIpc) is 2.13. The van der Waals surface area contributed by atoms with Crippen LogP contribution >= 0.6 is 11.6 Å². The summed E-state index contributed by atoms with van der Waals surface area (Å²) < 4.78 is 0. The van der Waals surface area contributed by atoms with Crippen molar-refractivity contribution < 1.29 is 5.11 Å². The summed E-state index contributed by atoms with van der Waals surface area (Å²) in [7, 11) is 0. The van der Waals surface area contributed by atoms with Gasteiger partial charge in [-0.1, -0.05) is 24.6 Å². The Kier molecular flexibility index (Phi) is 2.77. The molecule has 0 spiro atoms. The van der Waals surface area contributed by atoms with E-state index in [9.17, 15) is 5.11 Å². The van der Waals surface area contributed by atoms with Gasteiger partial charge in [0.05, 0.1) is 5.76 Å². The van der Waals surface area contributed by atoms with Gasteiger partial charge < -0.3 is 5.11 Å². The molecule has 0 aromatic rings. The zero-order chi connectivity index (χ0) is 8.27. The summed E-state index contributed by atoms with van der Waals surface area (Å²) >= 11 is 5.79. The summed E-state index contributed by atoms with van der Waals surface area (Å²) in [5.74, 6) is 0.430. The van der Waals surface area contributed by atoms with Crippen LogP contribution in [0.25, 0.3) is 0 Å². The largest absolute Gasteiger partial charge is 0.512 e. The third kappa shape index (κ3) is 2.12.